The SMILES string of the molecule is C.CC(C)(C)CF.FC1(F)CCCCC1(F)F. The molecule has 0 aromatic carbocycles. The molecule has 5 heteroatoms. The predicted molar refractivity (Wildman–Crippen MR) is 60.5 cm³/mol. The van der Waals surface area contributed by atoms with Crippen LogP contribution < -0.4 is 0 Å². The van der Waals surface area contributed by atoms with Crippen LogP contribution in [-0.4, -0.2) is 18.5 Å². The maximum absolute atomic E-state index is 12.2. The summed E-state index contributed by atoms with van der Waals surface area (Å²) in [6.45, 7) is 5.38. The van der Waals surface area contributed by atoms with Crippen molar-refractivity contribution < 1.29 is 22.0 Å². The molecule has 1 aliphatic carbocycles. The zero-order chi connectivity index (χ0) is 13.0. The van der Waals surface area contributed by atoms with Gasteiger partial charge < -0.3 is 0 Å². The van der Waals surface area contributed by atoms with Crippen molar-refractivity contribution in [1.29, 1.82) is 0 Å². The fourth-order valence-corrected chi connectivity index (χ4v) is 1.06. The third kappa shape index (κ3) is 6.84. The summed E-state index contributed by atoms with van der Waals surface area (Å²) in [5.41, 5.74) is -0.125. The van der Waals surface area contributed by atoms with Crippen molar-refractivity contribution in [3.05, 3.63) is 0 Å². The first-order valence-electron chi connectivity index (χ1n) is 5.33. The van der Waals surface area contributed by atoms with E-state index in [9.17, 15) is 22.0 Å². The van der Waals surface area contributed by atoms with E-state index >= 15 is 0 Å². The number of rotatable bonds is 0. The summed E-state index contributed by atoms with van der Waals surface area (Å²) >= 11 is 0. The molecule has 0 aromatic heterocycles. The van der Waals surface area contributed by atoms with Crippen LogP contribution in [0.5, 0.6) is 0 Å². The smallest absolute Gasteiger partial charge is 0.251 e. The second kappa shape index (κ2) is 6.55. The highest BCUT2D eigenvalue weighted by Gasteiger charge is 2.56. The zero-order valence-electron chi connectivity index (χ0n) is 9.93. The zero-order valence-corrected chi connectivity index (χ0v) is 9.93. The standard InChI is InChI=1S/C6H8F4.C5H11F.CH4/c7-5(8)3-1-2-4-6(5,9)10;1-5(2,3)4-6;/h1-4H2;4H2,1-3H3;1H4. The summed E-state index contributed by atoms with van der Waals surface area (Å²) in [5.74, 6) is -7.52. The van der Waals surface area contributed by atoms with Crippen LogP contribution in [-0.2, 0) is 0 Å². The van der Waals surface area contributed by atoms with Crippen LogP contribution in [0.3, 0.4) is 0 Å². The van der Waals surface area contributed by atoms with Gasteiger partial charge in [-0.05, 0) is 18.3 Å². The first-order chi connectivity index (χ1) is 7.02. The van der Waals surface area contributed by atoms with Crippen LogP contribution in [0.25, 0.3) is 0 Å². The molecule has 17 heavy (non-hydrogen) atoms. The van der Waals surface area contributed by atoms with E-state index in [0.29, 0.717) is 0 Å². The average Bonchev–Trinajstić information content (AvgIpc) is 2.10. The van der Waals surface area contributed by atoms with Crippen LogP contribution in [0.4, 0.5) is 22.0 Å². The van der Waals surface area contributed by atoms with Gasteiger partial charge in [0.2, 0.25) is 0 Å². The lowest BCUT2D eigenvalue weighted by Crippen LogP contribution is -2.42. The Bertz CT molecular complexity index is 189. The molecule has 0 unspecified atom stereocenters. The molecule has 106 valence electrons. The van der Waals surface area contributed by atoms with Gasteiger partial charge in [-0.2, -0.15) is 17.6 Å². The maximum Gasteiger partial charge on any atom is 0.310 e. The highest BCUT2D eigenvalue weighted by molar-refractivity contribution is 4.88. The lowest BCUT2D eigenvalue weighted by Gasteiger charge is -2.30. The Labute approximate surface area is 101 Å². The van der Waals surface area contributed by atoms with Gasteiger partial charge in [0, 0.05) is 12.8 Å². The molecule has 1 rings (SSSR count). The van der Waals surface area contributed by atoms with Crippen molar-refractivity contribution >= 4 is 0 Å². The summed E-state index contributed by atoms with van der Waals surface area (Å²) in [6.07, 6.45) is -0.912. The van der Waals surface area contributed by atoms with Gasteiger partial charge in [0.1, 0.15) is 0 Å². The molecular weight excluding hydrogens is 239 g/mol. The summed E-state index contributed by atoms with van der Waals surface area (Å²) < 4.78 is 60.4. The second-order valence-electron chi connectivity index (χ2n) is 5.31. The Morgan fingerprint density at radius 3 is 1.24 bits per heavy atom. The molecule has 1 saturated carbocycles. The highest BCUT2D eigenvalue weighted by Crippen LogP contribution is 2.45. The Hall–Kier alpha value is -0.350. The molecule has 1 aliphatic rings. The minimum absolute atomic E-state index is 0. The van der Waals surface area contributed by atoms with Gasteiger partial charge in [-0.25, -0.2) is 0 Å². The summed E-state index contributed by atoms with van der Waals surface area (Å²) in [4.78, 5) is 0. The molecule has 0 amide bonds. The largest absolute Gasteiger partial charge is 0.310 e. The van der Waals surface area contributed by atoms with E-state index in [0.717, 1.165) is 0 Å². The number of hydrogen-bond donors (Lipinski definition) is 0. The van der Waals surface area contributed by atoms with Crippen molar-refractivity contribution in [3.63, 3.8) is 0 Å². The van der Waals surface area contributed by atoms with Crippen molar-refractivity contribution in [2.45, 2.75) is 65.7 Å². The molecule has 0 aromatic rings. The Balaban J connectivity index is 0. The van der Waals surface area contributed by atoms with E-state index < -0.39 is 24.7 Å². The lowest BCUT2D eigenvalue weighted by atomic mass is 9.93. The van der Waals surface area contributed by atoms with Gasteiger partial charge in [-0.1, -0.05) is 28.2 Å². The molecule has 0 radical (unpaired) electrons. The van der Waals surface area contributed by atoms with Crippen LogP contribution in [0, 0.1) is 5.41 Å². The molecule has 0 nitrogen and oxygen atoms in total. The van der Waals surface area contributed by atoms with Gasteiger partial charge >= 0.3 is 11.8 Å². The van der Waals surface area contributed by atoms with Crippen LogP contribution >= 0.6 is 0 Å². The van der Waals surface area contributed by atoms with Gasteiger partial charge in [0.15, 0.2) is 0 Å². The first-order valence-corrected chi connectivity index (χ1v) is 5.33. The predicted octanol–water partition coefficient (Wildman–Crippen LogP) is 5.47. The third-order valence-corrected chi connectivity index (χ3v) is 2.17. The molecule has 0 atom stereocenters. The molecule has 0 saturated heterocycles. The minimum atomic E-state index is -3.76. The van der Waals surface area contributed by atoms with Crippen molar-refractivity contribution in [2.24, 2.45) is 5.41 Å². The van der Waals surface area contributed by atoms with Crippen LogP contribution in [0.15, 0.2) is 0 Å². The van der Waals surface area contributed by atoms with Crippen molar-refractivity contribution in [2.75, 3.05) is 6.67 Å². The van der Waals surface area contributed by atoms with E-state index in [4.69, 9.17) is 0 Å². The molecule has 0 bridgehead atoms. The molecule has 0 aliphatic heterocycles. The molecule has 1 fully saturated rings. The topological polar surface area (TPSA) is 0 Å². The molecule has 0 spiro atoms. The van der Waals surface area contributed by atoms with Gasteiger partial charge in [-0.15, -0.1) is 0 Å². The van der Waals surface area contributed by atoms with E-state index in [1.165, 1.54) is 0 Å². The second-order valence-corrected chi connectivity index (χ2v) is 5.31. The number of hydrogen-bond acceptors (Lipinski definition) is 0. The number of halogens is 5. The highest BCUT2D eigenvalue weighted by atomic mass is 19.3. The normalized spacial score (nSPS) is 21.9. The molecular formula is C12H23F5. The fraction of sp³-hybridized carbons (Fsp3) is 1.00. The Kier molecular flexibility index (Phi) is 7.32. The Morgan fingerprint density at radius 2 is 1.12 bits per heavy atom. The number of alkyl halides is 5. The van der Waals surface area contributed by atoms with Gasteiger partial charge in [-0.3, -0.25) is 4.39 Å². The van der Waals surface area contributed by atoms with Crippen molar-refractivity contribution in [1.82, 2.24) is 0 Å². The Morgan fingerprint density at radius 1 is 0.882 bits per heavy atom. The quantitative estimate of drug-likeness (QED) is 0.508. The molecule has 0 N–H and O–H groups in total. The first kappa shape index (κ1) is 19.0. The minimum Gasteiger partial charge on any atom is -0.251 e. The average molecular weight is 262 g/mol. The van der Waals surface area contributed by atoms with E-state index in [1.54, 1.807) is 0 Å². The van der Waals surface area contributed by atoms with E-state index in [-0.39, 0.29) is 32.4 Å². The lowest BCUT2D eigenvalue weighted by molar-refractivity contribution is -0.228. The summed E-state index contributed by atoms with van der Waals surface area (Å²) in [6, 6.07) is 0. The summed E-state index contributed by atoms with van der Waals surface area (Å²) in [7, 11) is 0. The monoisotopic (exact) mass is 262 g/mol. The van der Waals surface area contributed by atoms with Gasteiger partial charge in [0.25, 0.3) is 0 Å². The third-order valence-electron chi connectivity index (χ3n) is 2.17. The summed E-state index contributed by atoms with van der Waals surface area (Å²) in [5, 5.41) is 0. The van der Waals surface area contributed by atoms with E-state index in [1.807, 2.05) is 20.8 Å². The van der Waals surface area contributed by atoms with Gasteiger partial charge in [0.05, 0.1) is 6.67 Å². The van der Waals surface area contributed by atoms with Crippen LogP contribution in [0.2, 0.25) is 0 Å². The molecule has 0 heterocycles. The van der Waals surface area contributed by atoms with Crippen LogP contribution in [0.1, 0.15) is 53.9 Å². The fourth-order valence-electron chi connectivity index (χ4n) is 1.06. The van der Waals surface area contributed by atoms with E-state index in [2.05, 4.69) is 0 Å². The maximum atomic E-state index is 12.2. The van der Waals surface area contributed by atoms with Crippen molar-refractivity contribution in [3.8, 4) is 0 Å².